The Kier molecular flexibility index (Phi) is 12.6. The van der Waals surface area contributed by atoms with Gasteiger partial charge in [-0.25, -0.2) is 0 Å². The quantitative estimate of drug-likeness (QED) is 0.205. The summed E-state index contributed by atoms with van der Waals surface area (Å²) >= 11 is 0. The summed E-state index contributed by atoms with van der Waals surface area (Å²) in [5.74, 6) is 1.67. The highest BCUT2D eigenvalue weighted by molar-refractivity contribution is 5.49. The van der Waals surface area contributed by atoms with Gasteiger partial charge in [-0.05, 0) is 107 Å². The van der Waals surface area contributed by atoms with Crippen LogP contribution in [-0.4, -0.2) is 0 Å². The minimum absolute atomic E-state index is 0. The highest BCUT2D eigenvalue weighted by atomic mass is 14.5. The first-order chi connectivity index (χ1) is 21.4. The van der Waals surface area contributed by atoms with Gasteiger partial charge in [0.05, 0.1) is 0 Å². The van der Waals surface area contributed by atoms with Gasteiger partial charge in [0.1, 0.15) is 0 Å². The van der Waals surface area contributed by atoms with Gasteiger partial charge in [0.2, 0.25) is 0 Å². The summed E-state index contributed by atoms with van der Waals surface area (Å²) in [4.78, 5) is 0. The molecule has 0 aromatic heterocycles. The van der Waals surface area contributed by atoms with Crippen LogP contribution in [0.2, 0.25) is 0 Å². The maximum atomic E-state index is 4.49. The Morgan fingerprint density at radius 3 is 1.91 bits per heavy atom. The topological polar surface area (TPSA) is 0 Å². The van der Waals surface area contributed by atoms with Crippen molar-refractivity contribution in [2.75, 3.05) is 0 Å². The van der Waals surface area contributed by atoms with Gasteiger partial charge in [-0.1, -0.05) is 173 Å². The predicted molar refractivity (Wildman–Crippen MR) is 210 cm³/mol. The third-order valence-corrected chi connectivity index (χ3v) is 12.4. The molecule has 0 heteroatoms. The van der Waals surface area contributed by atoms with Gasteiger partial charge in [-0.2, -0.15) is 0 Å². The Morgan fingerprint density at radius 2 is 1.38 bits per heavy atom. The zero-order chi connectivity index (χ0) is 33.9. The molecule has 258 valence electrons. The van der Waals surface area contributed by atoms with Gasteiger partial charge in [-0.15, -0.1) is 6.58 Å². The average molecular weight is 635 g/mol. The second-order valence-corrected chi connectivity index (χ2v) is 17.9. The molecule has 0 spiro atoms. The van der Waals surface area contributed by atoms with Crippen LogP contribution < -0.4 is 0 Å². The standard InChI is InChI=1S/C40H54.C6H12.CH4/c1-28(2)23-40(25-31-15-13-12-14-16-31,36-20-30(5)19-32(21-36)24-37(6,7)29(3)4)35-18-17-33-26-38(8,9)39(10,11)27-34(33)22-35;1-6-4-2-3-5-6;/h12-22,29H,1,23-27H2,2-11H3;6H,2-5H2,1H3;1H4. The number of benzene rings is 3. The van der Waals surface area contributed by atoms with Crippen LogP contribution in [0.25, 0.3) is 0 Å². The van der Waals surface area contributed by atoms with Crippen molar-refractivity contribution in [3.63, 3.8) is 0 Å². The lowest BCUT2D eigenvalue weighted by Gasteiger charge is -2.47. The normalized spacial score (nSPS) is 18.4. The van der Waals surface area contributed by atoms with E-state index in [1.165, 1.54) is 70.2 Å². The molecule has 2 aliphatic carbocycles. The van der Waals surface area contributed by atoms with E-state index in [-0.39, 0.29) is 29.1 Å². The van der Waals surface area contributed by atoms with Gasteiger partial charge in [0.25, 0.3) is 0 Å². The summed E-state index contributed by atoms with van der Waals surface area (Å²) < 4.78 is 0. The zero-order valence-corrected chi connectivity index (χ0v) is 31.6. The fraction of sp³-hybridized carbons (Fsp3) is 0.574. The van der Waals surface area contributed by atoms with Crippen LogP contribution >= 0.6 is 0 Å². The van der Waals surface area contributed by atoms with Crippen LogP contribution in [0.15, 0.2) is 78.9 Å². The monoisotopic (exact) mass is 635 g/mol. The molecule has 3 aromatic carbocycles. The van der Waals surface area contributed by atoms with Gasteiger partial charge in [0.15, 0.2) is 0 Å². The molecule has 0 aliphatic heterocycles. The molecular formula is C47H70. The Labute approximate surface area is 291 Å². The number of hydrogen-bond acceptors (Lipinski definition) is 0. The van der Waals surface area contributed by atoms with Gasteiger partial charge < -0.3 is 0 Å². The second kappa shape index (κ2) is 15.3. The molecule has 5 rings (SSSR count). The third-order valence-electron chi connectivity index (χ3n) is 12.4. The van der Waals surface area contributed by atoms with E-state index >= 15 is 0 Å². The number of allylic oxidation sites excluding steroid dienone is 1. The van der Waals surface area contributed by atoms with Crippen molar-refractivity contribution in [1.82, 2.24) is 0 Å². The molecular weight excluding hydrogens is 565 g/mol. The number of hydrogen-bond donors (Lipinski definition) is 0. The maximum absolute atomic E-state index is 4.49. The van der Waals surface area contributed by atoms with Crippen molar-refractivity contribution in [2.24, 2.45) is 28.1 Å². The minimum Gasteiger partial charge on any atom is -0.100 e. The first-order valence-electron chi connectivity index (χ1n) is 18.4. The lowest BCUT2D eigenvalue weighted by molar-refractivity contribution is 0.0965. The third kappa shape index (κ3) is 9.31. The zero-order valence-electron chi connectivity index (χ0n) is 31.6. The molecule has 0 heterocycles. The van der Waals surface area contributed by atoms with E-state index in [4.69, 9.17) is 0 Å². The maximum Gasteiger partial charge on any atom is 0.0280 e. The highest BCUT2D eigenvalue weighted by Gasteiger charge is 2.42. The molecule has 1 atom stereocenters. The molecule has 0 amide bonds. The first kappa shape index (κ1) is 38.8. The van der Waals surface area contributed by atoms with Crippen LogP contribution in [0.5, 0.6) is 0 Å². The predicted octanol–water partition coefficient (Wildman–Crippen LogP) is 13.7. The molecule has 3 aromatic rings. The fourth-order valence-corrected chi connectivity index (χ4v) is 7.89. The fourth-order valence-electron chi connectivity index (χ4n) is 7.89. The second-order valence-electron chi connectivity index (χ2n) is 17.9. The largest absolute Gasteiger partial charge is 0.100 e. The Balaban J connectivity index is 0.000000770. The van der Waals surface area contributed by atoms with Gasteiger partial charge >= 0.3 is 0 Å². The molecule has 0 saturated heterocycles. The van der Waals surface area contributed by atoms with E-state index in [9.17, 15) is 0 Å². The van der Waals surface area contributed by atoms with Crippen molar-refractivity contribution in [2.45, 2.75) is 147 Å². The summed E-state index contributed by atoms with van der Waals surface area (Å²) in [6.07, 6.45) is 11.2. The summed E-state index contributed by atoms with van der Waals surface area (Å²) in [5, 5.41) is 0. The van der Waals surface area contributed by atoms with Gasteiger partial charge in [0, 0.05) is 5.41 Å². The molecule has 47 heavy (non-hydrogen) atoms. The van der Waals surface area contributed by atoms with Crippen LogP contribution in [0.3, 0.4) is 0 Å². The Bertz CT molecular complexity index is 1460. The Hall–Kier alpha value is -2.60. The number of fused-ring (bicyclic) bond motifs is 1. The van der Waals surface area contributed by atoms with Gasteiger partial charge in [-0.3, -0.25) is 0 Å². The van der Waals surface area contributed by atoms with E-state index in [0.717, 1.165) is 38.0 Å². The minimum atomic E-state index is -0.179. The van der Waals surface area contributed by atoms with E-state index in [1.54, 1.807) is 0 Å². The van der Waals surface area contributed by atoms with Crippen molar-refractivity contribution in [3.05, 3.63) is 118 Å². The molecule has 0 nitrogen and oxygen atoms in total. The van der Waals surface area contributed by atoms with Crippen LogP contribution in [-0.2, 0) is 31.1 Å². The van der Waals surface area contributed by atoms with E-state index in [2.05, 4.69) is 149 Å². The molecule has 1 unspecified atom stereocenters. The average Bonchev–Trinajstić information content (AvgIpc) is 3.43. The van der Waals surface area contributed by atoms with E-state index < -0.39 is 0 Å². The molecule has 0 bridgehead atoms. The number of aryl methyl sites for hydroxylation is 1. The van der Waals surface area contributed by atoms with E-state index in [0.29, 0.717) is 5.92 Å². The molecule has 2 aliphatic rings. The lowest BCUT2D eigenvalue weighted by Crippen LogP contribution is -2.40. The summed E-state index contributed by atoms with van der Waals surface area (Å²) in [6.45, 7) is 30.7. The van der Waals surface area contributed by atoms with Crippen LogP contribution in [0.4, 0.5) is 0 Å². The van der Waals surface area contributed by atoms with Crippen molar-refractivity contribution in [1.29, 1.82) is 0 Å². The molecule has 1 saturated carbocycles. The molecule has 0 radical (unpaired) electrons. The highest BCUT2D eigenvalue weighted by Crippen LogP contribution is 2.50. The van der Waals surface area contributed by atoms with Crippen LogP contribution in [0.1, 0.15) is 148 Å². The smallest absolute Gasteiger partial charge is 0.0280 e. The van der Waals surface area contributed by atoms with Crippen LogP contribution in [0, 0.1) is 35.0 Å². The first-order valence-corrected chi connectivity index (χ1v) is 18.4. The summed E-state index contributed by atoms with van der Waals surface area (Å²) in [7, 11) is 0. The van der Waals surface area contributed by atoms with Crippen molar-refractivity contribution < 1.29 is 0 Å². The summed E-state index contributed by atoms with van der Waals surface area (Å²) in [5.41, 5.74) is 12.0. The molecule has 0 N–H and O–H groups in total. The van der Waals surface area contributed by atoms with Crippen molar-refractivity contribution >= 4 is 0 Å². The lowest BCUT2D eigenvalue weighted by atomic mass is 9.57. The number of rotatable bonds is 9. The Morgan fingerprint density at radius 1 is 0.787 bits per heavy atom. The molecule has 1 fully saturated rings. The summed E-state index contributed by atoms with van der Waals surface area (Å²) in [6, 6.07) is 26.0. The SMILES string of the molecule is C.C=C(C)CC(Cc1ccccc1)(c1cc(C)cc(CC(C)(C)C(C)C)c1)c1ccc2c(c1)CC(C)(C)C(C)(C)C2.CC1CCCC1. The van der Waals surface area contributed by atoms with Crippen molar-refractivity contribution in [3.8, 4) is 0 Å². The van der Waals surface area contributed by atoms with E-state index in [1.807, 2.05) is 0 Å².